The van der Waals surface area contributed by atoms with Crippen LogP contribution in [0.4, 0.5) is 0 Å². The Morgan fingerprint density at radius 3 is 2.12 bits per heavy atom. The van der Waals surface area contributed by atoms with Crippen molar-refractivity contribution >= 4 is 38.2 Å². The van der Waals surface area contributed by atoms with Gasteiger partial charge in [0.1, 0.15) is 5.38 Å². The zero-order valence-electron chi connectivity index (χ0n) is 17.4. The van der Waals surface area contributed by atoms with Gasteiger partial charge >= 0.3 is 0 Å². The highest BCUT2D eigenvalue weighted by atomic mass is 35.5. The first-order chi connectivity index (χ1) is 15.3. The Labute approximate surface area is 192 Å². The highest BCUT2D eigenvalue weighted by Gasteiger charge is 2.32. The molecular weight excluding hydrogens is 442 g/mol. The van der Waals surface area contributed by atoms with E-state index >= 15 is 0 Å². The largest absolute Gasteiger partial charge is 0.292 e. The summed E-state index contributed by atoms with van der Waals surface area (Å²) in [7, 11) is -3.93. The Morgan fingerprint density at radius 1 is 0.812 bits per heavy atom. The second-order valence-electron chi connectivity index (χ2n) is 7.65. The monoisotopic (exact) mass is 463 g/mol. The van der Waals surface area contributed by atoms with E-state index in [1.165, 1.54) is 12.1 Å². The van der Waals surface area contributed by atoms with Crippen LogP contribution >= 0.6 is 11.6 Å². The smallest absolute Gasteiger partial charge is 0.241 e. The number of benzene rings is 4. The number of hydrogen-bond donors (Lipinski definition) is 1. The quantitative estimate of drug-likeness (QED) is 0.284. The minimum Gasteiger partial charge on any atom is -0.292 e. The summed E-state index contributed by atoms with van der Waals surface area (Å²) in [6, 6.07) is 27.5. The van der Waals surface area contributed by atoms with E-state index < -0.39 is 21.4 Å². The van der Waals surface area contributed by atoms with Gasteiger partial charge in [0, 0.05) is 5.56 Å². The molecule has 32 heavy (non-hydrogen) atoms. The number of halogens is 1. The van der Waals surface area contributed by atoms with E-state index in [9.17, 15) is 13.2 Å². The number of rotatable bonds is 7. The molecule has 162 valence electrons. The molecule has 0 spiro atoms. The van der Waals surface area contributed by atoms with Gasteiger partial charge in [-0.3, -0.25) is 4.79 Å². The van der Waals surface area contributed by atoms with Gasteiger partial charge in [-0.15, -0.1) is 11.6 Å². The lowest BCUT2D eigenvalue weighted by molar-refractivity contribution is 0.0977. The SMILES string of the molecule is Cc1ccc(S(=O)(=O)N[C@H](c2ccc3ccccc3c2)[C@@H](Cl)C(=O)c2ccccc2)cc1. The second-order valence-corrected chi connectivity index (χ2v) is 9.83. The predicted molar refractivity (Wildman–Crippen MR) is 129 cm³/mol. The summed E-state index contributed by atoms with van der Waals surface area (Å²) in [5.41, 5.74) is 1.99. The Kier molecular flexibility index (Phi) is 6.42. The number of fused-ring (bicyclic) bond motifs is 1. The molecule has 0 aliphatic carbocycles. The van der Waals surface area contributed by atoms with Crippen molar-refractivity contribution < 1.29 is 13.2 Å². The molecule has 6 heteroatoms. The summed E-state index contributed by atoms with van der Waals surface area (Å²) in [5.74, 6) is -0.350. The van der Waals surface area contributed by atoms with Crippen LogP contribution in [0.15, 0.2) is 102 Å². The molecule has 4 rings (SSSR count). The van der Waals surface area contributed by atoms with Crippen molar-refractivity contribution in [2.45, 2.75) is 23.2 Å². The normalized spacial score (nSPS) is 13.6. The standard InChI is InChI=1S/C26H22ClNO3S/c1-18-11-15-23(16-12-18)32(30,31)28-25(24(27)26(29)20-8-3-2-4-9-20)22-14-13-19-7-5-6-10-21(19)17-22/h2-17,24-25,28H,1H3/t24-,25-/m1/s1. The van der Waals surface area contributed by atoms with Gasteiger partial charge in [-0.25, -0.2) is 13.1 Å². The second kappa shape index (κ2) is 9.25. The summed E-state index contributed by atoms with van der Waals surface area (Å²) >= 11 is 6.66. The zero-order chi connectivity index (χ0) is 22.7. The fourth-order valence-electron chi connectivity index (χ4n) is 3.56. The summed E-state index contributed by atoms with van der Waals surface area (Å²) in [6.45, 7) is 1.88. The first-order valence-corrected chi connectivity index (χ1v) is 12.1. The van der Waals surface area contributed by atoms with Gasteiger partial charge in [-0.05, 0) is 41.5 Å². The highest BCUT2D eigenvalue weighted by Crippen LogP contribution is 2.29. The van der Waals surface area contributed by atoms with Crippen LogP contribution in [0.5, 0.6) is 0 Å². The van der Waals surface area contributed by atoms with Crippen LogP contribution in [-0.2, 0) is 10.0 Å². The fourth-order valence-corrected chi connectivity index (χ4v) is 5.21. The average Bonchev–Trinajstić information content (AvgIpc) is 2.82. The van der Waals surface area contributed by atoms with Crippen molar-refractivity contribution in [1.82, 2.24) is 4.72 Å². The summed E-state index contributed by atoms with van der Waals surface area (Å²) in [6.07, 6.45) is 0. The van der Waals surface area contributed by atoms with Crippen molar-refractivity contribution in [3.05, 3.63) is 114 Å². The maximum Gasteiger partial charge on any atom is 0.241 e. The number of Topliss-reactive ketones (excluding diaryl/α,β-unsaturated/α-hetero) is 1. The van der Waals surface area contributed by atoms with Crippen LogP contribution in [0.25, 0.3) is 10.8 Å². The van der Waals surface area contributed by atoms with Gasteiger partial charge in [0.15, 0.2) is 5.78 Å². The van der Waals surface area contributed by atoms with Crippen LogP contribution in [-0.4, -0.2) is 19.6 Å². The van der Waals surface area contributed by atoms with E-state index in [1.54, 1.807) is 48.5 Å². The molecule has 0 aromatic heterocycles. The van der Waals surface area contributed by atoms with Crippen LogP contribution < -0.4 is 4.72 Å². The van der Waals surface area contributed by atoms with Gasteiger partial charge in [0.05, 0.1) is 10.9 Å². The van der Waals surface area contributed by atoms with Gasteiger partial charge in [-0.2, -0.15) is 0 Å². The number of aryl methyl sites for hydroxylation is 1. The summed E-state index contributed by atoms with van der Waals surface area (Å²) in [4.78, 5) is 13.2. The first kappa shape index (κ1) is 22.2. The van der Waals surface area contributed by atoms with Crippen molar-refractivity contribution in [2.75, 3.05) is 0 Å². The van der Waals surface area contributed by atoms with Crippen molar-refractivity contribution in [3.63, 3.8) is 0 Å². The van der Waals surface area contributed by atoms with E-state index in [1.807, 2.05) is 43.3 Å². The molecule has 0 saturated carbocycles. The zero-order valence-corrected chi connectivity index (χ0v) is 19.0. The van der Waals surface area contributed by atoms with Crippen molar-refractivity contribution in [2.24, 2.45) is 0 Å². The molecule has 0 amide bonds. The molecule has 2 atom stereocenters. The minimum absolute atomic E-state index is 0.116. The van der Waals surface area contributed by atoms with E-state index in [0.717, 1.165) is 16.3 Å². The molecule has 0 aliphatic heterocycles. The molecule has 0 aliphatic rings. The molecule has 0 radical (unpaired) electrons. The Morgan fingerprint density at radius 2 is 1.44 bits per heavy atom. The van der Waals surface area contributed by atoms with Crippen LogP contribution in [0.2, 0.25) is 0 Å². The molecule has 1 N–H and O–H groups in total. The third kappa shape index (κ3) is 4.75. The topological polar surface area (TPSA) is 63.2 Å². The Hall–Kier alpha value is -2.99. The van der Waals surface area contributed by atoms with E-state index in [-0.39, 0.29) is 10.7 Å². The lowest BCUT2D eigenvalue weighted by Crippen LogP contribution is -2.37. The van der Waals surface area contributed by atoms with E-state index in [2.05, 4.69) is 4.72 Å². The lowest BCUT2D eigenvalue weighted by atomic mass is 9.96. The van der Waals surface area contributed by atoms with E-state index in [0.29, 0.717) is 11.1 Å². The maximum atomic E-state index is 13.2. The lowest BCUT2D eigenvalue weighted by Gasteiger charge is -2.24. The molecule has 0 saturated heterocycles. The van der Waals surface area contributed by atoms with Crippen LogP contribution in [0, 0.1) is 6.92 Å². The number of ketones is 1. The number of carbonyl (C=O) groups is 1. The van der Waals surface area contributed by atoms with E-state index in [4.69, 9.17) is 11.6 Å². The van der Waals surface area contributed by atoms with Crippen molar-refractivity contribution in [3.8, 4) is 0 Å². The Bertz CT molecular complexity index is 1350. The number of alkyl halides is 1. The molecule has 0 fully saturated rings. The molecule has 0 heterocycles. The van der Waals surface area contributed by atoms with Gasteiger partial charge < -0.3 is 0 Å². The number of nitrogens with one attached hydrogen (secondary N) is 1. The third-order valence-electron chi connectivity index (χ3n) is 5.35. The predicted octanol–water partition coefficient (Wildman–Crippen LogP) is 5.66. The molecule has 0 bridgehead atoms. The maximum absolute atomic E-state index is 13.2. The van der Waals surface area contributed by atoms with Crippen LogP contribution in [0.1, 0.15) is 27.5 Å². The molecule has 4 aromatic carbocycles. The summed E-state index contributed by atoms with van der Waals surface area (Å²) in [5, 5.41) is 0.802. The Balaban J connectivity index is 1.76. The fraction of sp³-hybridized carbons (Fsp3) is 0.115. The van der Waals surface area contributed by atoms with Gasteiger partial charge in [0.25, 0.3) is 0 Å². The van der Waals surface area contributed by atoms with Crippen molar-refractivity contribution in [1.29, 1.82) is 0 Å². The van der Waals surface area contributed by atoms with Crippen LogP contribution in [0.3, 0.4) is 0 Å². The average molecular weight is 464 g/mol. The first-order valence-electron chi connectivity index (χ1n) is 10.2. The highest BCUT2D eigenvalue weighted by molar-refractivity contribution is 7.89. The summed E-state index contributed by atoms with van der Waals surface area (Å²) < 4.78 is 29.0. The number of hydrogen-bond acceptors (Lipinski definition) is 3. The molecule has 4 nitrogen and oxygen atoms in total. The van der Waals surface area contributed by atoms with Gasteiger partial charge in [-0.1, -0.05) is 84.4 Å². The van der Waals surface area contributed by atoms with Gasteiger partial charge in [0.2, 0.25) is 10.0 Å². The number of sulfonamides is 1. The third-order valence-corrected chi connectivity index (χ3v) is 7.25. The molecule has 0 unspecified atom stereocenters. The molecular formula is C26H22ClNO3S. The molecule has 4 aromatic rings. The number of carbonyl (C=O) groups excluding carboxylic acids is 1. The minimum atomic E-state index is -3.93.